The minimum absolute atomic E-state index is 0.0473. The summed E-state index contributed by atoms with van der Waals surface area (Å²) in [5, 5.41) is 3.60. The molecule has 3 nitrogen and oxygen atoms in total. The van der Waals surface area contributed by atoms with Gasteiger partial charge in [0.05, 0.1) is 10.7 Å². The van der Waals surface area contributed by atoms with Crippen LogP contribution in [-0.4, -0.2) is 11.9 Å². The third-order valence-electron chi connectivity index (χ3n) is 3.70. The van der Waals surface area contributed by atoms with Crippen molar-refractivity contribution in [3.63, 3.8) is 0 Å². The molecule has 1 aromatic carbocycles. The van der Waals surface area contributed by atoms with Gasteiger partial charge in [0.15, 0.2) is 0 Å². The van der Waals surface area contributed by atoms with Crippen LogP contribution in [0.2, 0.25) is 5.02 Å². The summed E-state index contributed by atoms with van der Waals surface area (Å²) in [5.41, 5.74) is 6.76. The maximum Gasteiger partial charge on any atom is 0.251 e. The molecule has 1 fully saturated rings. The van der Waals surface area contributed by atoms with Gasteiger partial charge in [-0.05, 0) is 31.0 Å². The summed E-state index contributed by atoms with van der Waals surface area (Å²) in [5.74, 6) is -0.0473. The third kappa shape index (κ3) is 4.13. The van der Waals surface area contributed by atoms with E-state index in [2.05, 4.69) is 5.32 Å². The molecule has 19 heavy (non-hydrogen) atoms. The zero-order valence-corrected chi connectivity index (χ0v) is 11.9. The van der Waals surface area contributed by atoms with Crippen LogP contribution in [0.15, 0.2) is 18.2 Å². The number of amides is 1. The molecule has 0 atom stereocenters. The van der Waals surface area contributed by atoms with Crippen LogP contribution in [0, 0.1) is 0 Å². The zero-order valence-electron chi connectivity index (χ0n) is 11.1. The molecule has 0 heterocycles. The molecule has 4 heteroatoms. The molecular weight excluding hydrogens is 260 g/mol. The molecule has 0 radical (unpaired) electrons. The van der Waals surface area contributed by atoms with Gasteiger partial charge >= 0.3 is 0 Å². The van der Waals surface area contributed by atoms with Crippen LogP contribution < -0.4 is 11.1 Å². The topological polar surface area (TPSA) is 55.1 Å². The average molecular weight is 281 g/mol. The van der Waals surface area contributed by atoms with E-state index in [9.17, 15) is 4.79 Å². The number of rotatable bonds is 2. The first-order valence-electron chi connectivity index (χ1n) is 7.02. The number of carbonyl (C=O) groups excluding carboxylic acids is 1. The van der Waals surface area contributed by atoms with E-state index in [0.29, 0.717) is 22.3 Å². The predicted molar refractivity (Wildman–Crippen MR) is 79.4 cm³/mol. The second kappa shape index (κ2) is 6.80. The van der Waals surface area contributed by atoms with Crippen molar-refractivity contribution in [2.45, 2.75) is 51.0 Å². The highest BCUT2D eigenvalue weighted by atomic mass is 35.5. The van der Waals surface area contributed by atoms with Crippen LogP contribution in [0.1, 0.15) is 55.3 Å². The molecule has 3 N–H and O–H groups in total. The van der Waals surface area contributed by atoms with Crippen LogP contribution in [0.25, 0.3) is 0 Å². The highest BCUT2D eigenvalue weighted by molar-refractivity contribution is 6.33. The maximum absolute atomic E-state index is 12.2. The van der Waals surface area contributed by atoms with Crippen LogP contribution >= 0.6 is 11.6 Å². The van der Waals surface area contributed by atoms with Crippen LogP contribution in [0.4, 0.5) is 5.69 Å². The molecule has 1 aromatic rings. The van der Waals surface area contributed by atoms with Gasteiger partial charge in [0.2, 0.25) is 0 Å². The number of benzene rings is 1. The molecule has 104 valence electrons. The summed E-state index contributed by atoms with van der Waals surface area (Å²) in [6.45, 7) is 0. The monoisotopic (exact) mass is 280 g/mol. The number of hydrogen-bond acceptors (Lipinski definition) is 2. The van der Waals surface area contributed by atoms with Crippen molar-refractivity contribution in [3.8, 4) is 0 Å². The highest BCUT2D eigenvalue weighted by Crippen LogP contribution is 2.21. The molecule has 0 saturated heterocycles. The van der Waals surface area contributed by atoms with E-state index in [-0.39, 0.29) is 5.91 Å². The van der Waals surface area contributed by atoms with Gasteiger partial charge in [-0.3, -0.25) is 4.79 Å². The standard InChI is InChI=1S/C15H21ClN2O/c16-13-9-8-11(10-14(13)17)15(19)18-12-6-4-2-1-3-5-7-12/h8-10,12H,1-7,17H2,(H,18,19). The first-order chi connectivity index (χ1) is 9.16. The smallest absolute Gasteiger partial charge is 0.251 e. The Labute approximate surface area is 119 Å². The van der Waals surface area contributed by atoms with Gasteiger partial charge in [0.1, 0.15) is 0 Å². The first-order valence-corrected chi connectivity index (χ1v) is 7.40. The van der Waals surface area contributed by atoms with Crippen molar-refractivity contribution in [1.29, 1.82) is 0 Å². The SMILES string of the molecule is Nc1cc(C(=O)NC2CCCCCCC2)ccc1Cl. The van der Waals surface area contributed by atoms with Crippen LogP contribution in [-0.2, 0) is 0 Å². The summed E-state index contributed by atoms with van der Waals surface area (Å²) in [6.07, 6.45) is 8.44. The Kier molecular flexibility index (Phi) is 5.08. The van der Waals surface area contributed by atoms with E-state index in [1.807, 2.05) is 0 Å². The second-order valence-corrected chi connectivity index (χ2v) is 5.66. The molecule has 1 aliphatic carbocycles. The fourth-order valence-corrected chi connectivity index (χ4v) is 2.67. The van der Waals surface area contributed by atoms with Crippen molar-refractivity contribution < 1.29 is 4.79 Å². The molecule has 1 amide bonds. The number of anilines is 1. The van der Waals surface area contributed by atoms with Gasteiger partial charge in [-0.15, -0.1) is 0 Å². The number of hydrogen-bond donors (Lipinski definition) is 2. The largest absolute Gasteiger partial charge is 0.398 e. The van der Waals surface area contributed by atoms with Crippen LogP contribution in [0.3, 0.4) is 0 Å². The highest BCUT2D eigenvalue weighted by Gasteiger charge is 2.15. The average Bonchev–Trinajstić information content (AvgIpc) is 2.35. The van der Waals surface area contributed by atoms with Gasteiger partial charge in [-0.2, -0.15) is 0 Å². The van der Waals surface area contributed by atoms with Crippen molar-refractivity contribution in [1.82, 2.24) is 5.32 Å². The van der Waals surface area contributed by atoms with Crippen LogP contribution in [0.5, 0.6) is 0 Å². The molecular formula is C15H21ClN2O. The van der Waals surface area contributed by atoms with Gasteiger partial charge in [0, 0.05) is 11.6 Å². The molecule has 2 rings (SSSR count). The lowest BCUT2D eigenvalue weighted by Crippen LogP contribution is -2.35. The van der Waals surface area contributed by atoms with E-state index >= 15 is 0 Å². The minimum atomic E-state index is -0.0473. The Morgan fingerprint density at radius 3 is 2.42 bits per heavy atom. The van der Waals surface area contributed by atoms with Gasteiger partial charge in [0.25, 0.3) is 5.91 Å². The van der Waals surface area contributed by atoms with E-state index in [1.54, 1.807) is 18.2 Å². The number of nitrogen functional groups attached to an aromatic ring is 1. The predicted octanol–water partition coefficient (Wildman–Crippen LogP) is 3.76. The number of halogens is 1. The number of nitrogens with one attached hydrogen (secondary N) is 1. The fraction of sp³-hybridized carbons (Fsp3) is 0.533. The molecule has 1 saturated carbocycles. The lowest BCUT2D eigenvalue weighted by Gasteiger charge is -2.21. The summed E-state index contributed by atoms with van der Waals surface area (Å²) < 4.78 is 0. The lowest BCUT2D eigenvalue weighted by atomic mass is 9.96. The Morgan fingerprint density at radius 2 is 1.79 bits per heavy atom. The summed E-state index contributed by atoms with van der Waals surface area (Å²) >= 11 is 5.86. The second-order valence-electron chi connectivity index (χ2n) is 5.25. The van der Waals surface area contributed by atoms with Gasteiger partial charge in [-0.1, -0.05) is 43.7 Å². The van der Waals surface area contributed by atoms with Crippen molar-refractivity contribution >= 4 is 23.2 Å². The normalized spacial score (nSPS) is 17.5. The number of nitrogens with two attached hydrogens (primary N) is 1. The number of carbonyl (C=O) groups is 1. The van der Waals surface area contributed by atoms with Crippen molar-refractivity contribution in [3.05, 3.63) is 28.8 Å². The molecule has 0 aliphatic heterocycles. The van der Waals surface area contributed by atoms with Gasteiger partial charge in [-0.25, -0.2) is 0 Å². The van der Waals surface area contributed by atoms with Gasteiger partial charge < -0.3 is 11.1 Å². The van der Waals surface area contributed by atoms with E-state index < -0.39 is 0 Å². The fourth-order valence-electron chi connectivity index (χ4n) is 2.55. The third-order valence-corrected chi connectivity index (χ3v) is 4.04. The molecule has 0 unspecified atom stereocenters. The Balaban J connectivity index is 1.96. The van der Waals surface area contributed by atoms with E-state index in [4.69, 9.17) is 17.3 Å². The summed E-state index contributed by atoms with van der Waals surface area (Å²) in [7, 11) is 0. The zero-order chi connectivity index (χ0) is 13.7. The Morgan fingerprint density at radius 1 is 1.16 bits per heavy atom. The quantitative estimate of drug-likeness (QED) is 0.811. The summed E-state index contributed by atoms with van der Waals surface area (Å²) in [6, 6.07) is 5.33. The molecule has 0 aromatic heterocycles. The summed E-state index contributed by atoms with van der Waals surface area (Å²) in [4.78, 5) is 12.2. The molecule has 0 bridgehead atoms. The lowest BCUT2D eigenvalue weighted by molar-refractivity contribution is 0.0930. The van der Waals surface area contributed by atoms with E-state index in [0.717, 1.165) is 12.8 Å². The van der Waals surface area contributed by atoms with Crippen molar-refractivity contribution in [2.75, 3.05) is 5.73 Å². The molecule has 0 spiro atoms. The van der Waals surface area contributed by atoms with E-state index in [1.165, 1.54) is 32.1 Å². The Hall–Kier alpha value is -1.22. The van der Waals surface area contributed by atoms with Crippen molar-refractivity contribution in [2.24, 2.45) is 0 Å². The molecule has 1 aliphatic rings. The minimum Gasteiger partial charge on any atom is -0.398 e. The maximum atomic E-state index is 12.2. The Bertz CT molecular complexity index is 440. The first kappa shape index (κ1) is 14.2.